The fraction of sp³-hybridized carbons (Fsp3) is 0.409. The Hall–Kier alpha value is -2.44. The lowest BCUT2D eigenvalue weighted by Crippen LogP contribution is -2.31. The van der Waals surface area contributed by atoms with E-state index in [-0.39, 0.29) is 0 Å². The second kappa shape index (κ2) is 9.37. The zero-order valence-corrected chi connectivity index (χ0v) is 17.5. The molecule has 2 aromatic heterocycles. The van der Waals surface area contributed by atoms with Crippen LogP contribution in [-0.4, -0.2) is 46.2 Å². The Bertz CT molecular complexity index is 927. The number of benzene rings is 1. The average molecular weight is 412 g/mol. The normalized spacial score (nSPS) is 15.4. The minimum Gasteiger partial charge on any atom is -0.355 e. The first-order valence-corrected chi connectivity index (χ1v) is 10.6. The number of nitrogens with zero attached hydrogens (tertiary/aromatic N) is 5. The van der Waals surface area contributed by atoms with Crippen molar-refractivity contribution < 1.29 is 4.52 Å². The van der Waals surface area contributed by atoms with Crippen molar-refractivity contribution >= 4 is 17.4 Å². The van der Waals surface area contributed by atoms with Gasteiger partial charge in [-0.05, 0) is 42.7 Å². The van der Waals surface area contributed by atoms with Gasteiger partial charge in [-0.15, -0.1) is 0 Å². The van der Waals surface area contributed by atoms with Gasteiger partial charge in [0.05, 0.1) is 5.56 Å². The molecule has 152 valence electrons. The Kier molecular flexibility index (Phi) is 6.42. The third-order valence-electron chi connectivity index (χ3n) is 5.17. The Balaban J connectivity index is 1.47. The molecule has 0 unspecified atom stereocenters. The average Bonchev–Trinajstić information content (AvgIpc) is 3.08. The fourth-order valence-electron chi connectivity index (χ4n) is 3.69. The molecular weight excluding hydrogens is 386 g/mol. The number of aromatic nitrogens is 3. The SMILES string of the molecule is CCCc1noc(-c2cccnc2N2CCCN(Cc3ccc(Cl)cc3)CC2)n1. The summed E-state index contributed by atoms with van der Waals surface area (Å²) in [5.41, 5.74) is 2.20. The van der Waals surface area contributed by atoms with Crippen LogP contribution in [0.1, 0.15) is 31.2 Å². The van der Waals surface area contributed by atoms with Gasteiger partial charge in [-0.1, -0.05) is 35.8 Å². The highest BCUT2D eigenvalue weighted by Crippen LogP contribution is 2.28. The van der Waals surface area contributed by atoms with Crippen LogP contribution in [0.3, 0.4) is 0 Å². The summed E-state index contributed by atoms with van der Waals surface area (Å²) in [7, 11) is 0. The summed E-state index contributed by atoms with van der Waals surface area (Å²) in [4.78, 5) is 14.0. The highest BCUT2D eigenvalue weighted by molar-refractivity contribution is 6.30. The Labute approximate surface area is 176 Å². The summed E-state index contributed by atoms with van der Waals surface area (Å²) in [6.07, 6.45) is 4.73. The second-order valence-corrected chi connectivity index (χ2v) is 7.82. The van der Waals surface area contributed by atoms with E-state index in [0.29, 0.717) is 5.89 Å². The van der Waals surface area contributed by atoms with E-state index < -0.39 is 0 Å². The molecule has 1 aliphatic rings. The van der Waals surface area contributed by atoms with Gasteiger partial charge in [0.2, 0.25) is 0 Å². The van der Waals surface area contributed by atoms with Gasteiger partial charge in [0.1, 0.15) is 5.82 Å². The van der Waals surface area contributed by atoms with Crippen molar-refractivity contribution in [3.63, 3.8) is 0 Å². The van der Waals surface area contributed by atoms with Crippen LogP contribution in [0, 0.1) is 0 Å². The first-order chi connectivity index (χ1) is 14.2. The minimum absolute atomic E-state index is 0.554. The first kappa shape index (κ1) is 19.9. The molecule has 1 aliphatic heterocycles. The molecule has 4 rings (SSSR count). The minimum atomic E-state index is 0.554. The highest BCUT2D eigenvalue weighted by Gasteiger charge is 2.21. The molecule has 0 amide bonds. The largest absolute Gasteiger partial charge is 0.355 e. The maximum Gasteiger partial charge on any atom is 0.261 e. The van der Waals surface area contributed by atoms with E-state index in [1.807, 2.05) is 30.5 Å². The van der Waals surface area contributed by atoms with Crippen molar-refractivity contribution in [3.05, 3.63) is 59.0 Å². The van der Waals surface area contributed by atoms with Crippen LogP contribution in [0.25, 0.3) is 11.5 Å². The molecular formula is C22H26ClN5O. The standard InChI is InChI=1S/C22H26ClN5O/c1-2-5-20-25-22(29-26-20)19-6-3-11-24-21(19)28-13-4-12-27(14-15-28)16-17-7-9-18(23)10-8-17/h3,6-11H,2,4-5,12-16H2,1H3. The summed E-state index contributed by atoms with van der Waals surface area (Å²) >= 11 is 6.01. The number of hydrogen-bond acceptors (Lipinski definition) is 6. The predicted octanol–water partition coefficient (Wildman–Crippen LogP) is 4.45. The van der Waals surface area contributed by atoms with Gasteiger partial charge < -0.3 is 9.42 Å². The smallest absolute Gasteiger partial charge is 0.261 e. The van der Waals surface area contributed by atoms with Crippen LogP contribution in [0.15, 0.2) is 47.1 Å². The van der Waals surface area contributed by atoms with Crippen molar-refractivity contribution in [2.75, 3.05) is 31.1 Å². The van der Waals surface area contributed by atoms with E-state index in [0.717, 1.165) is 74.2 Å². The van der Waals surface area contributed by atoms with Crippen molar-refractivity contribution in [1.29, 1.82) is 0 Å². The maximum absolute atomic E-state index is 6.01. The van der Waals surface area contributed by atoms with E-state index in [2.05, 4.69) is 44.0 Å². The molecule has 1 aromatic carbocycles. The molecule has 3 aromatic rings. The number of pyridine rings is 1. The number of anilines is 1. The Morgan fingerprint density at radius 1 is 1.07 bits per heavy atom. The monoisotopic (exact) mass is 411 g/mol. The van der Waals surface area contributed by atoms with Gasteiger partial charge in [-0.25, -0.2) is 4.98 Å². The van der Waals surface area contributed by atoms with E-state index in [9.17, 15) is 0 Å². The van der Waals surface area contributed by atoms with Crippen molar-refractivity contribution in [2.24, 2.45) is 0 Å². The van der Waals surface area contributed by atoms with Gasteiger partial charge in [0.25, 0.3) is 5.89 Å². The molecule has 6 nitrogen and oxygen atoms in total. The summed E-state index contributed by atoms with van der Waals surface area (Å²) in [5.74, 6) is 2.23. The molecule has 1 fully saturated rings. The van der Waals surface area contributed by atoms with Crippen LogP contribution < -0.4 is 4.90 Å². The van der Waals surface area contributed by atoms with Crippen molar-refractivity contribution in [2.45, 2.75) is 32.7 Å². The molecule has 1 saturated heterocycles. The van der Waals surface area contributed by atoms with Gasteiger partial charge in [-0.2, -0.15) is 4.98 Å². The van der Waals surface area contributed by atoms with Gasteiger partial charge in [0.15, 0.2) is 5.82 Å². The molecule has 0 spiro atoms. The third-order valence-corrected chi connectivity index (χ3v) is 5.42. The second-order valence-electron chi connectivity index (χ2n) is 7.38. The van der Waals surface area contributed by atoms with Gasteiger partial charge in [-0.3, -0.25) is 4.90 Å². The van der Waals surface area contributed by atoms with Crippen molar-refractivity contribution in [1.82, 2.24) is 20.0 Å². The molecule has 29 heavy (non-hydrogen) atoms. The molecule has 3 heterocycles. The van der Waals surface area contributed by atoms with Crippen LogP contribution in [0.5, 0.6) is 0 Å². The zero-order valence-electron chi connectivity index (χ0n) is 16.7. The Morgan fingerprint density at radius 2 is 1.93 bits per heavy atom. The molecule has 0 radical (unpaired) electrons. The van der Waals surface area contributed by atoms with Crippen LogP contribution in [-0.2, 0) is 13.0 Å². The summed E-state index contributed by atoms with van der Waals surface area (Å²) in [6, 6.07) is 12.1. The molecule has 7 heteroatoms. The molecule has 0 aliphatic carbocycles. The molecule has 0 bridgehead atoms. The van der Waals surface area contributed by atoms with E-state index >= 15 is 0 Å². The maximum atomic E-state index is 6.01. The molecule has 0 atom stereocenters. The lowest BCUT2D eigenvalue weighted by molar-refractivity contribution is 0.285. The number of hydrogen-bond donors (Lipinski definition) is 0. The number of rotatable bonds is 6. The quantitative estimate of drug-likeness (QED) is 0.597. The summed E-state index contributed by atoms with van der Waals surface area (Å²) in [6.45, 7) is 6.94. The van der Waals surface area contributed by atoms with Crippen LogP contribution in [0.4, 0.5) is 5.82 Å². The van der Waals surface area contributed by atoms with E-state index in [1.165, 1.54) is 5.56 Å². The Morgan fingerprint density at radius 3 is 2.76 bits per heavy atom. The van der Waals surface area contributed by atoms with E-state index in [1.54, 1.807) is 0 Å². The highest BCUT2D eigenvalue weighted by atomic mass is 35.5. The lowest BCUT2D eigenvalue weighted by atomic mass is 10.2. The fourth-order valence-corrected chi connectivity index (χ4v) is 3.82. The first-order valence-electron chi connectivity index (χ1n) is 10.2. The van der Waals surface area contributed by atoms with E-state index in [4.69, 9.17) is 16.1 Å². The van der Waals surface area contributed by atoms with Gasteiger partial charge >= 0.3 is 0 Å². The van der Waals surface area contributed by atoms with Crippen LogP contribution in [0.2, 0.25) is 5.02 Å². The summed E-state index contributed by atoms with van der Waals surface area (Å²) in [5, 5.41) is 4.88. The number of aryl methyl sites for hydroxylation is 1. The predicted molar refractivity (Wildman–Crippen MR) is 115 cm³/mol. The topological polar surface area (TPSA) is 58.3 Å². The van der Waals surface area contributed by atoms with Gasteiger partial charge in [0, 0.05) is 50.4 Å². The lowest BCUT2D eigenvalue weighted by Gasteiger charge is -2.24. The third kappa shape index (κ3) is 4.95. The molecule has 0 saturated carbocycles. The molecule has 0 N–H and O–H groups in total. The summed E-state index contributed by atoms with van der Waals surface area (Å²) < 4.78 is 5.53. The zero-order chi connectivity index (χ0) is 20.1. The number of halogens is 1. The van der Waals surface area contributed by atoms with Crippen molar-refractivity contribution in [3.8, 4) is 11.5 Å². The van der Waals surface area contributed by atoms with Crippen LogP contribution >= 0.6 is 11.6 Å².